The van der Waals surface area contributed by atoms with Gasteiger partial charge in [-0.3, -0.25) is 0 Å². The van der Waals surface area contributed by atoms with Crippen LogP contribution in [0.3, 0.4) is 0 Å². The maximum absolute atomic E-state index is 0. The summed E-state index contributed by atoms with van der Waals surface area (Å²) in [6, 6.07) is 0. The summed E-state index contributed by atoms with van der Waals surface area (Å²) in [5, 5.41) is 0. The fourth-order valence-electron chi connectivity index (χ4n) is 0. The van der Waals surface area contributed by atoms with Gasteiger partial charge in [0.15, 0.2) is 0 Å². The zero-order chi connectivity index (χ0) is 0. The molecule has 0 saturated heterocycles. The third kappa shape index (κ3) is 68.3. The molecule has 0 aliphatic carbocycles. The Labute approximate surface area is 117 Å². The van der Waals surface area contributed by atoms with E-state index >= 15 is 0 Å². The van der Waals surface area contributed by atoms with Crippen LogP contribution < -0.4 is 0 Å². The van der Waals surface area contributed by atoms with Gasteiger partial charge in [-0.15, -0.1) is 0 Å². The monoisotopic (exact) mass is 314 g/mol. The number of rotatable bonds is 0. The van der Waals surface area contributed by atoms with E-state index in [0.717, 1.165) is 0 Å². The third-order valence-electron chi connectivity index (χ3n) is 0. The Bertz CT molecular complexity index is 10.4. The van der Waals surface area contributed by atoms with Crippen LogP contribution in [0.2, 0.25) is 0 Å². The van der Waals surface area contributed by atoms with E-state index in [1.807, 2.05) is 0 Å². The first kappa shape index (κ1) is 132. The first-order valence-corrected chi connectivity index (χ1v) is 0. The Morgan fingerprint density at radius 2 is 0.375 bits per heavy atom. The molecule has 0 spiro atoms. The molecule has 40 valence electrons. The smallest absolute Gasteiger partial charge is 2.00 e. The van der Waals surface area contributed by atoms with E-state index in [9.17, 15) is 0 Å². The summed E-state index contributed by atoms with van der Waals surface area (Å²) >= 11 is 0. The van der Waals surface area contributed by atoms with Gasteiger partial charge in [-0.25, -0.2) is 0 Å². The van der Waals surface area contributed by atoms with Crippen LogP contribution in [0.1, 0.15) is 0 Å². The zero-order valence-electron chi connectivity index (χ0n) is 3.75. The molecule has 0 N–H and O–H groups in total. The minimum atomic E-state index is 0. The minimum absolute atomic E-state index is 0. The molecular formula is BaO5Ti2. The van der Waals surface area contributed by atoms with Crippen molar-refractivity contribution in [1.29, 1.82) is 0 Å². The van der Waals surface area contributed by atoms with Crippen molar-refractivity contribution in [2.45, 2.75) is 0 Å². The summed E-state index contributed by atoms with van der Waals surface area (Å²) in [7, 11) is 0. The molecule has 0 fully saturated rings. The molecule has 0 aliphatic rings. The molecule has 0 aromatic heterocycles. The van der Waals surface area contributed by atoms with Crippen LogP contribution in [-0.4, -0.2) is 48.9 Å². The van der Waals surface area contributed by atoms with Crippen LogP contribution in [0.25, 0.3) is 0 Å². The average Bonchev–Trinajstić information content (AvgIpc) is 0. The van der Waals surface area contributed by atoms with Gasteiger partial charge in [-0.05, 0) is 0 Å². The molecule has 0 rings (SSSR count). The number of hydrogen-bond acceptors (Lipinski definition) is 0. The molecule has 0 saturated carbocycles. The molecule has 8 heavy (non-hydrogen) atoms. The van der Waals surface area contributed by atoms with Crippen molar-refractivity contribution >= 4 is 48.9 Å². The Morgan fingerprint density at radius 3 is 0.375 bits per heavy atom. The van der Waals surface area contributed by atoms with Crippen molar-refractivity contribution in [3.63, 3.8) is 0 Å². The molecule has 0 aliphatic heterocycles. The second kappa shape index (κ2) is 96.8. The molecule has 0 aromatic rings. The number of hydrogen-bond donors (Lipinski definition) is 0. The van der Waals surface area contributed by atoms with E-state index in [1.165, 1.54) is 0 Å². The summed E-state index contributed by atoms with van der Waals surface area (Å²) in [5.74, 6) is 0. The van der Waals surface area contributed by atoms with E-state index < -0.39 is 0 Å². The Kier molecular flexibility index (Phi) is 1600. The molecule has 0 radical (unpaired) electrons. The van der Waals surface area contributed by atoms with Crippen molar-refractivity contribution in [2.24, 2.45) is 0 Å². The SMILES string of the molecule is [Ba+2].[O-2].[O-2].[O-2].[O-2].[O-2].[Ti+4].[Ti+4]. The molecule has 0 aromatic carbocycles. The van der Waals surface area contributed by atoms with Crippen LogP contribution in [0, 0.1) is 0 Å². The molecule has 5 nitrogen and oxygen atoms in total. The van der Waals surface area contributed by atoms with Crippen molar-refractivity contribution < 1.29 is 70.8 Å². The molecule has 0 heterocycles. The van der Waals surface area contributed by atoms with Gasteiger partial charge in [-0.2, -0.15) is 0 Å². The largest absolute Gasteiger partial charge is 4.00 e. The van der Waals surface area contributed by atoms with Crippen LogP contribution in [-0.2, 0) is 70.8 Å². The summed E-state index contributed by atoms with van der Waals surface area (Å²) in [6.45, 7) is 0. The van der Waals surface area contributed by atoms with Gasteiger partial charge < -0.3 is 27.4 Å². The third-order valence-corrected chi connectivity index (χ3v) is 0. The van der Waals surface area contributed by atoms with Crippen LogP contribution in [0.5, 0.6) is 0 Å². The first-order valence-electron chi connectivity index (χ1n) is 0. The molecule has 0 atom stereocenters. The van der Waals surface area contributed by atoms with Gasteiger partial charge in [-0.1, -0.05) is 0 Å². The van der Waals surface area contributed by atoms with E-state index in [0.29, 0.717) is 0 Å². The Hall–Kier alpha value is 2.80. The second-order valence-corrected chi connectivity index (χ2v) is 0. The van der Waals surface area contributed by atoms with Gasteiger partial charge in [0.05, 0.1) is 0 Å². The van der Waals surface area contributed by atoms with Crippen LogP contribution >= 0.6 is 0 Å². The van der Waals surface area contributed by atoms with Crippen molar-refractivity contribution in [1.82, 2.24) is 0 Å². The summed E-state index contributed by atoms with van der Waals surface area (Å²) in [6.07, 6.45) is 0. The van der Waals surface area contributed by atoms with E-state index in [4.69, 9.17) is 0 Å². The van der Waals surface area contributed by atoms with Gasteiger partial charge in [0.25, 0.3) is 0 Å². The summed E-state index contributed by atoms with van der Waals surface area (Å²) < 4.78 is 0. The predicted octanol–water partition coefficient (Wildman–Crippen LogP) is -0.980. The quantitative estimate of drug-likeness (QED) is 0.507. The average molecular weight is 313 g/mol. The van der Waals surface area contributed by atoms with Crippen molar-refractivity contribution in [2.75, 3.05) is 0 Å². The standard InChI is InChI=1S/Ba.5O.2Ti/q+2;5*-2;2*+4. The van der Waals surface area contributed by atoms with Gasteiger partial charge in [0.2, 0.25) is 0 Å². The summed E-state index contributed by atoms with van der Waals surface area (Å²) in [4.78, 5) is 0. The minimum Gasteiger partial charge on any atom is -2.00 e. The predicted molar refractivity (Wildman–Crippen MR) is 9.19 cm³/mol. The molecule has 0 unspecified atom stereocenters. The summed E-state index contributed by atoms with van der Waals surface area (Å²) in [5.41, 5.74) is 0. The maximum Gasteiger partial charge on any atom is 4.00 e. The molecule has 0 bridgehead atoms. The maximum atomic E-state index is 0. The fourth-order valence-corrected chi connectivity index (χ4v) is 0. The van der Waals surface area contributed by atoms with Crippen molar-refractivity contribution in [3.05, 3.63) is 0 Å². The first-order chi connectivity index (χ1) is 0. The Balaban J connectivity index is 0. The zero-order valence-corrected chi connectivity index (χ0v) is 11.3. The molecule has 0 amide bonds. The topological polar surface area (TPSA) is 142 Å². The van der Waals surface area contributed by atoms with Gasteiger partial charge in [0, 0.05) is 0 Å². The van der Waals surface area contributed by atoms with Crippen LogP contribution in [0.4, 0.5) is 0 Å². The van der Waals surface area contributed by atoms with Gasteiger partial charge >= 0.3 is 92.3 Å². The molecule has 8 heteroatoms. The van der Waals surface area contributed by atoms with E-state index in [-0.39, 0.29) is 120 Å². The molecular weight excluding hydrogens is 313 g/mol. The fraction of sp³-hybridized carbons (Fsp3) is 0. The van der Waals surface area contributed by atoms with Gasteiger partial charge in [0.1, 0.15) is 0 Å². The van der Waals surface area contributed by atoms with Crippen molar-refractivity contribution in [3.8, 4) is 0 Å². The normalized spacial score (nSPS) is 0. The Morgan fingerprint density at radius 1 is 0.375 bits per heavy atom. The second-order valence-electron chi connectivity index (χ2n) is 0. The van der Waals surface area contributed by atoms with E-state index in [1.54, 1.807) is 0 Å². The van der Waals surface area contributed by atoms with E-state index in [2.05, 4.69) is 0 Å². The van der Waals surface area contributed by atoms with Crippen LogP contribution in [0.15, 0.2) is 0 Å².